The molecule has 0 bridgehead atoms. The van der Waals surface area contributed by atoms with Crippen LogP contribution in [0.2, 0.25) is 0 Å². The van der Waals surface area contributed by atoms with Gasteiger partial charge in [0.25, 0.3) is 5.56 Å². The molecule has 1 saturated heterocycles. The number of fused-ring (bicyclic) bond motifs is 1. The molecule has 0 amide bonds. The molecule has 180 valence electrons. The molecule has 1 unspecified atom stereocenters. The number of aryl methyl sites for hydroxylation is 2. The van der Waals surface area contributed by atoms with Gasteiger partial charge in [0.05, 0.1) is 41.2 Å². The summed E-state index contributed by atoms with van der Waals surface area (Å²) in [4.78, 5) is 22.3. The minimum absolute atomic E-state index is 0.0899. The van der Waals surface area contributed by atoms with Crippen molar-refractivity contribution in [2.45, 2.75) is 43.7 Å². The van der Waals surface area contributed by atoms with Crippen LogP contribution in [0.4, 0.5) is 8.78 Å². The molecule has 0 radical (unpaired) electrons. The SMILES string of the molecule is Cn1ncc2c(-c3ccc(F)cc3F)nc(C3CCO[C@@H](c4cn(C5CC5)[n+](C)c4)C3)nc2c1=O. The van der Waals surface area contributed by atoms with E-state index in [4.69, 9.17) is 9.72 Å². The van der Waals surface area contributed by atoms with Crippen LogP contribution in [-0.4, -0.2) is 31.0 Å². The third kappa shape index (κ3) is 3.91. The van der Waals surface area contributed by atoms with Gasteiger partial charge in [0.15, 0.2) is 7.05 Å². The topological polar surface area (TPSA) is 78.7 Å². The van der Waals surface area contributed by atoms with Crippen LogP contribution in [0.1, 0.15) is 55.1 Å². The molecule has 2 atom stereocenters. The van der Waals surface area contributed by atoms with E-state index in [0.29, 0.717) is 36.7 Å². The normalized spacial score (nSPS) is 20.5. The Hall–Kier alpha value is -3.53. The molecule has 2 fully saturated rings. The van der Waals surface area contributed by atoms with Gasteiger partial charge in [-0.3, -0.25) is 4.79 Å². The number of hydrogen-bond acceptors (Lipinski definition) is 5. The molecule has 1 aromatic carbocycles. The van der Waals surface area contributed by atoms with Gasteiger partial charge in [-0.2, -0.15) is 9.78 Å². The van der Waals surface area contributed by atoms with Crippen LogP contribution in [0.25, 0.3) is 22.2 Å². The van der Waals surface area contributed by atoms with Crippen molar-refractivity contribution in [3.63, 3.8) is 0 Å². The number of rotatable bonds is 4. The maximum absolute atomic E-state index is 14.8. The smallest absolute Gasteiger partial charge is 0.293 e. The Balaban J connectivity index is 1.43. The molecule has 1 aliphatic carbocycles. The number of nitrogens with zero attached hydrogens (tertiary/aromatic N) is 6. The molecule has 35 heavy (non-hydrogen) atoms. The zero-order valence-corrected chi connectivity index (χ0v) is 19.5. The Morgan fingerprint density at radius 3 is 2.77 bits per heavy atom. The first-order valence-electron chi connectivity index (χ1n) is 11.8. The summed E-state index contributed by atoms with van der Waals surface area (Å²) >= 11 is 0. The first kappa shape index (κ1) is 22.0. The molecule has 10 heteroatoms. The fourth-order valence-corrected chi connectivity index (χ4v) is 4.88. The largest absolute Gasteiger partial charge is 0.373 e. The minimum Gasteiger partial charge on any atom is -0.373 e. The molecular formula is C25H25F2N6O2+. The number of halogens is 2. The lowest BCUT2D eigenvalue weighted by molar-refractivity contribution is -0.754. The Kier molecular flexibility index (Phi) is 5.21. The highest BCUT2D eigenvalue weighted by Gasteiger charge is 2.34. The molecule has 4 aromatic rings. The van der Waals surface area contributed by atoms with Crippen molar-refractivity contribution in [1.29, 1.82) is 0 Å². The molecular weight excluding hydrogens is 454 g/mol. The standard InChI is InChI=1S/C25H25F2N6O2/c1-31-12-15(13-33(31)17-4-5-17)21-9-14(7-8-35-21)24-29-22(18-6-3-16(26)10-20(18)27)19-11-28-32(2)25(34)23(19)30-24/h3,6,10-14,17,21H,4-5,7-9H2,1-2H3/q+1/t14?,21-/m1/s1. The van der Waals surface area contributed by atoms with Crippen molar-refractivity contribution in [3.05, 3.63) is 70.2 Å². The number of hydrogen-bond donors (Lipinski definition) is 0. The molecule has 0 spiro atoms. The quantitative estimate of drug-likeness (QED) is 0.420. The van der Waals surface area contributed by atoms with Crippen LogP contribution in [0, 0.1) is 11.6 Å². The first-order chi connectivity index (χ1) is 16.9. The Morgan fingerprint density at radius 2 is 2.00 bits per heavy atom. The van der Waals surface area contributed by atoms with E-state index >= 15 is 0 Å². The van der Waals surface area contributed by atoms with E-state index in [2.05, 4.69) is 31.8 Å². The zero-order valence-electron chi connectivity index (χ0n) is 19.5. The third-order valence-corrected chi connectivity index (χ3v) is 6.93. The Morgan fingerprint density at radius 1 is 1.17 bits per heavy atom. The van der Waals surface area contributed by atoms with Gasteiger partial charge in [0.1, 0.15) is 23.0 Å². The molecule has 1 saturated carbocycles. The summed E-state index contributed by atoms with van der Waals surface area (Å²) in [5, 5.41) is 4.40. The summed E-state index contributed by atoms with van der Waals surface area (Å²) in [7, 11) is 3.57. The summed E-state index contributed by atoms with van der Waals surface area (Å²) in [6.45, 7) is 0.518. The van der Waals surface area contributed by atoms with Crippen LogP contribution in [0.5, 0.6) is 0 Å². The predicted molar refractivity (Wildman–Crippen MR) is 122 cm³/mol. The van der Waals surface area contributed by atoms with Gasteiger partial charge in [0.2, 0.25) is 6.20 Å². The summed E-state index contributed by atoms with van der Waals surface area (Å²) in [5.74, 6) is -1.07. The van der Waals surface area contributed by atoms with Crippen LogP contribution < -0.4 is 10.2 Å². The molecule has 0 N–H and O–H groups in total. The summed E-state index contributed by atoms with van der Waals surface area (Å²) in [6, 6.07) is 3.87. The number of ether oxygens (including phenoxy) is 1. The predicted octanol–water partition coefficient (Wildman–Crippen LogP) is 3.26. The second-order valence-electron chi connectivity index (χ2n) is 9.41. The van der Waals surface area contributed by atoms with Crippen molar-refractivity contribution in [2.75, 3.05) is 6.61 Å². The third-order valence-electron chi connectivity index (χ3n) is 6.93. The molecule has 4 heterocycles. The molecule has 2 aliphatic rings. The molecule has 8 nitrogen and oxygen atoms in total. The lowest BCUT2D eigenvalue weighted by Gasteiger charge is -2.28. The van der Waals surface area contributed by atoms with Gasteiger partial charge in [-0.25, -0.2) is 23.4 Å². The van der Waals surface area contributed by atoms with Crippen molar-refractivity contribution in [1.82, 2.24) is 24.4 Å². The van der Waals surface area contributed by atoms with E-state index in [9.17, 15) is 13.6 Å². The van der Waals surface area contributed by atoms with Crippen molar-refractivity contribution in [3.8, 4) is 11.3 Å². The van der Waals surface area contributed by atoms with Crippen molar-refractivity contribution < 1.29 is 18.2 Å². The second kappa shape index (κ2) is 8.30. The van der Waals surface area contributed by atoms with Crippen LogP contribution in [-0.2, 0) is 18.8 Å². The maximum atomic E-state index is 14.8. The first-order valence-corrected chi connectivity index (χ1v) is 11.8. The second-order valence-corrected chi connectivity index (χ2v) is 9.41. The Labute approximate surface area is 199 Å². The zero-order chi connectivity index (χ0) is 24.3. The van der Waals surface area contributed by atoms with E-state index in [1.165, 1.54) is 42.9 Å². The van der Waals surface area contributed by atoms with Gasteiger partial charge < -0.3 is 4.74 Å². The molecule has 6 rings (SSSR count). The highest BCUT2D eigenvalue weighted by atomic mass is 19.1. The van der Waals surface area contributed by atoms with Crippen LogP contribution in [0.3, 0.4) is 0 Å². The van der Waals surface area contributed by atoms with Gasteiger partial charge in [-0.05, 0) is 37.8 Å². The molecule has 3 aromatic heterocycles. The number of benzene rings is 1. The minimum atomic E-state index is -0.754. The van der Waals surface area contributed by atoms with E-state index in [1.54, 1.807) is 0 Å². The van der Waals surface area contributed by atoms with Crippen molar-refractivity contribution in [2.24, 2.45) is 14.1 Å². The molecule has 1 aliphatic heterocycles. The van der Waals surface area contributed by atoms with E-state index in [0.717, 1.165) is 11.6 Å². The van der Waals surface area contributed by atoms with Gasteiger partial charge in [-0.15, -0.1) is 4.68 Å². The average Bonchev–Trinajstić information content (AvgIpc) is 3.62. The lowest BCUT2D eigenvalue weighted by atomic mass is 9.92. The fourth-order valence-electron chi connectivity index (χ4n) is 4.88. The van der Waals surface area contributed by atoms with E-state index in [1.807, 2.05) is 7.05 Å². The monoisotopic (exact) mass is 479 g/mol. The van der Waals surface area contributed by atoms with Gasteiger partial charge in [-0.1, -0.05) is 0 Å². The summed E-state index contributed by atoms with van der Waals surface area (Å²) in [5.41, 5.74) is 1.21. The van der Waals surface area contributed by atoms with Crippen molar-refractivity contribution >= 4 is 10.9 Å². The highest BCUT2D eigenvalue weighted by Crippen LogP contribution is 2.39. The van der Waals surface area contributed by atoms with Crippen LogP contribution >= 0.6 is 0 Å². The number of aromatic nitrogens is 6. The summed E-state index contributed by atoms with van der Waals surface area (Å²) < 4.78 is 40.0. The van der Waals surface area contributed by atoms with Gasteiger partial charge >= 0.3 is 0 Å². The van der Waals surface area contributed by atoms with Gasteiger partial charge in [0, 0.05) is 31.2 Å². The fraction of sp³-hybridized carbons (Fsp3) is 0.400. The summed E-state index contributed by atoms with van der Waals surface area (Å²) in [6.07, 6.45) is 9.24. The van der Waals surface area contributed by atoms with E-state index in [-0.39, 0.29) is 28.8 Å². The average molecular weight is 480 g/mol. The maximum Gasteiger partial charge on any atom is 0.293 e. The van der Waals surface area contributed by atoms with Crippen LogP contribution in [0.15, 0.2) is 41.6 Å². The van der Waals surface area contributed by atoms with E-state index < -0.39 is 17.2 Å². The lowest BCUT2D eigenvalue weighted by Crippen LogP contribution is -2.37. The highest BCUT2D eigenvalue weighted by molar-refractivity contribution is 5.91. The Bertz CT molecular complexity index is 1510.